The molecule has 4 nitrogen and oxygen atoms in total. The van der Waals surface area contributed by atoms with Crippen LogP contribution < -0.4 is 10.6 Å². The Morgan fingerprint density at radius 2 is 1.95 bits per heavy atom. The maximum atomic E-state index is 12.5. The molecule has 2 saturated heterocycles. The van der Waals surface area contributed by atoms with Crippen molar-refractivity contribution >= 4 is 18.3 Å². The number of nitrogens with zero attached hydrogens (tertiary/aromatic N) is 1. The minimum atomic E-state index is 0. The molecule has 3 rings (SSSR count). The predicted molar refractivity (Wildman–Crippen MR) is 87.3 cm³/mol. The molecule has 0 aliphatic carbocycles. The van der Waals surface area contributed by atoms with Crippen molar-refractivity contribution in [2.45, 2.75) is 71.1 Å². The van der Waals surface area contributed by atoms with E-state index in [1.54, 1.807) is 0 Å². The molecule has 2 unspecified atom stereocenters. The number of nitrogens with one attached hydrogen (secondary N) is 2. The Morgan fingerprint density at radius 1 is 1.33 bits per heavy atom. The van der Waals surface area contributed by atoms with E-state index in [0.717, 1.165) is 30.6 Å². The van der Waals surface area contributed by atoms with Crippen LogP contribution in [0.2, 0.25) is 0 Å². The second-order valence-corrected chi connectivity index (χ2v) is 6.31. The molecule has 5 heteroatoms. The van der Waals surface area contributed by atoms with E-state index in [2.05, 4.69) is 29.0 Å². The summed E-state index contributed by atoms with van der Waals surface area (Å²) in [4.78, 5) is 12.5. The number of amides is 1. The fourth-order valence-corrected chi connectivity index (χ4v) is 3.96. The third-order valence-corrected chi connectivity index (χ3v) is 4.94. The summed E-state index contributed by atoms with van der Waals surface area (Å²) in [6, 6.07) is 3.58. The van der Waals surface area contributed by atoms with E-state index in [4.69, 9.17) is 0 Å². The van der Waals surface area contributed by atoms with Gasteiger partial charge >= 0.3 is 0 Å². The maximum Gasteiger partial charge on any atom is 0.253 e. The number of aromatic nitrogens is 1. The van der Waals surface area contributed by atoms with Gasteiger partial charge in [0.15, 0.2) is 0 Å². The standard InChI is InChI=1S/C16H25N3O.ClH/c1-4-19-10(2)7-15(11(19)3)16(20)18-14-8-12-5-6-13(9-14)17-12;/h7,12-14,17H,4-6,8-9H2,1-3H3,(H,18,20);1H. The number of hydrogen-bond donors (Lipinski definition) is 2. The Labute approximate surface area is 133 Å². The van der Waals surface area contributed by atoms with Crippen LogP contribution in [-0.2, 0) is 6.54 Å². The number of fused-ring (bicyclic) bond motifs is 2. The molecular formula is C16H26ClN3O. The molecule has 2 N–H and O–H groups in total. The second-order valence-electron chi connectivity index (χ2n) is 6.31. The van der Waals surface area contributed by atoms with Crippen molar-refractivity contribution in [2.75, 3.05) is 0 Å². The zero-order valence-corrected chi connectivity index (χ0v) is 13.9. The van der Waals surface area contributed by atoms with E-state index in [1.165, 1.54) is 18.5 Å². The van der Waals surface area contributed by atoms with Gasteiger partial charge in [-0.2, -0.15) is 0 Å². The quantitative estimate of drug-likeness (QED) is 0.901. The van der Waals surface area contributed by atoms with Crippen molar-refractivity contribution in [3.63, 3.8) is 0 Å². The van der Waals surface area contributed by atoms with Crippen LogP contribution in [0.1, 0.15) is 54.4 Å². The van der Waals surface area contributed by atoms with Crippen molar-refractivity contribution in [3.05, 3.63) is 23.0 Å². The molecule has 1 amide bonds. The van der Waals surface area contributed by atoms with Gasteiger partial charge in [0.2, 0.25) is 0 Å². The Kier molecular flexibility index (Phi) is 4.99. The number of carbonyl (C=O) groups excluding carboxylic acids is 1. The first-order valence-electron chi connectivity index (χ1n) is 7.82. The lowest BCUT2D eigenvalue weighted by molar-refractivity contribution is 0.0923. The smallest absolute Gasteiger partial charge is 0.253 e. The largest absolute Gasteiger partial charge is 0.349 e. The van der Waals surface area contributed by atoms with Gasteiger partial charge < -0.3 is 15.2 Å². The Hall–Kier alpha value is -1.00. The monoisotopic (exact) mass is 311 g/mol. The molecule has 2 fully saturated rings. The van der Waals surface area contributed by atoms with Gasteiger partial charge in [0.1, 0.15) is 0 Å². The van der Waals surface area contributed by atoms with Crippen LogP contribution >= 0.6 is 12.4 Å². The molecule has 118 valence electrons. The molecule has 0 radical (unpaired) electrons. The maximum absolute atomic E-state index is 12.5. The van der Waals surface area contributed by atoms with Gasteiger partial charge in [-0.05, 0) is 52.5 Å². The number of aryl methyl sites for hydroxylation is 1. The molecule has 2 aliphatic rings. The molecule has 0 aromatic carbocycles. The average molecular weight is 312 g/mol. The lowest BCUT2D eigenvalue weighted by Crippen LogP contribution is -2.48. The molecule has 2 atom stereocenters. The van der Waals surface area contributed by atoms with Crippen molar-refractivity contribution in [3.8, 4) is 0 Å². The van der Waals surface area contributed by atoms with E-state index in [1.807, 2.05) is 13.0 Å². The van der Waals surface area contributed by atoms with Crippen LogP contribution in [0.5, 0.6) is 0 Å². The summed E-state index contributed by atoms with van der Waals surface area (Å²) in [7, 11) is 0. The highest BCUT2D eigenvalue weighted by Crippen LogP contribution is 2.27. The third kappa shape index (κ3) is 3.11. The summed E-state index contributed by atoms with van der Waals surface area (Å²) in [5, 5.41) is 6.86. The molecule has 0 spiro atoms. The fourth-order valence-electron chi connectivity index (χ4n) is 3.96. The molecular weight excluding hydrogens is 286 g/mol. The number of carbonyl (C=O) groups is 1. The number of halogens is 1. The molecule has 2 aliphatic heterocycles. The minimum absolute atomic E-state index is 0. The van der Waals surface area contributed by atoms with Gasteiger partial charge in [-0.25, -0.2) is 0 Å². The summed E-state index contributed by atoms with van der Waals surface area (Å²) in [6.07, 6.45) is 4.69. The second kappa shape index (κ2) is 6.41. The van der Waals surface area contributed by atoms with Crippen LogP contribution in [0, 0.1) is 13.8 Å². The van der Waals surface area contributed by atoms with Gasteiger partial charge in [-0.1, -0.05) is 0 Å². The normalized spacial score (nSPS) is 27.3. The van der Waals surface area contributed by atoms with Gasteiger partial charge in [-0.3, -0.25) is 4.79 Å². The molecule has 0 saturated carbocycles. The summed E-state index contributed by atoms with van der Waals surface area (Å²) >= 11 is 0. The van der Waals surface area contributed by atoms with Crippen molar-refractivity contribution < 1.29 is 4.79 Å². The molecule has 21 heavy (non-hydrogen) atoms. The van der Waals surface area contributed by atoms with Gasteiger partial charge in [0, 0.05) is 36.1 Å². The summed E-state index contributed by atoms with van der Waals surface area (Å²) < 4.78 is 2.20. The van der Waals surface area contributed by atoms with Crippen LogP contribution in [0.25, 0.3) is 0 Å². The molecule has 3 heterocycles. The lowest BCUT2D eigenvalue weighted by atomic mass is 9.99. The SMILES string of the molecule is CCn1c(C)cc(C(=O)NC2CC3CCC(C2)N3)c1C.Cl. The van der Waals surface area contributed by atoms with E-state index in [-0.39, 0.29) is 18.3 Å². The van der Waals surface area contributed by atoms with E-state index < -0.39 is 0 Å². The Bertz CT molecular complexity index is 514. The highest BCUT2D eigenvalue weighted by atomic mass is 35.5. The van der Waals surface area contributed by atoms with Gasteiger partial charge in [0.25, 0.3) is 5.91 Å². The molecule has 2 bridgehead atoms. The third-order valence-electron chi connectivity index (χ3n) is 4.94. The summed E-state index contributed by atoms with van der Waals surface area (Å²) in [6.45, 7) is 7.14. The molecule has 1 aromatic rings. The van der Waals surface area contributed by atoms with Crippen LogP contribution in [0.3, 0.4) is 0 Å². The van der Waals surface area contributed by atoms with E-state index in [0.29, 0.717) is 18.1 Å². The first-order valence-corrected chi connectivity index (χ1v) is 7.82. The highest BCUT2D eigenvalue weighted by molar-refractivity contribution is 5.95. The first kappa shape index (κ1) is 16.4. The van der Waals surface area contributed by atoms with Gasteiger partial charge in [0.05, 0.1) is 5.56 Å². The average Bonchev–Trinajstić information content (AvgIpc) is 2.89. The first-order chi connectivity index (χ1) is 9.58. The van der Waals surface area contributed by atoms with E-state index in [9.17, 15) is 4.79 Å². The Morgan fingerprint density at radius 3 is 2.48 bits per heavy atom. The highest BCUT2D eigenvalue weighted by Gasteiger charge is 2.34. The summed E-state index contributed by atoms with van der Waals surface area (Å²) in [5.41, 5.74) is 3.09. The fraction of sp³-hybridized carbons (Fsp3) is 0.688. The zero-order valence-electron chi connectivity index (χ0n) is 13.1. The van der Waals surface area contributed by atoms with Crippen molar-refractivity contribution in [2.24, 2.45) is 0 Å². The lowest BCUT2D eigenvalue weighted by Gasteiger charge is -2.29. The van der Waals surface area contributed by atoms with Crippen molar-refractivity contribution in [1.82, 2.24) is 15.2 Å². The van der Waals surface area contributed by atoms with Crippen LogP contribution in [0.4, 0.5) is 0 Å². The Balaban J connectivity index is 0.00000161. The van der Waals surface area contributed by atoms with Gasteiger partial charge in [-0.15, -0.1) is 12.4 Å². The number of rotatable bonds is 3. The zero-order chi connectivity index (χ0) is 14.3. The predicted octanol–water partition coefficient (Wildman–Crippen LogP) is 2.56. The summed E-state index contributed by atoms with van der Waals surface area (Å²) in [5.74, 6) is 0.101. The topological polar surface area (TPSA) is 46.1 Å². The van der Waals surface area contributed by atoms with Crippen molar-refractivity contribution in [1.29, 1.82) is 0 Å². The van der Waals surface area contributed by atoms with Crippen LogP contribution in [0.15, 0.2) is 6.07 Å². The van der Waals surface area contributed by atoms with E-state index >= 15 is 0 Å². The number of piperidine rings is 1. The molecule has 1 aromatic heterocycles. The minimum Gasteiger partial charge on any atom is -0.349 e. The number of hydrogen-bond acceptors (Lipinski definition) is 2. The van der Waals surface area contributed by atoms with Crippen LogP contribution in [-0.4, -0.2) is 28.6 Å².